The van der Waals surface area contributed by atoms with Crippen molar-refractivity contribution in [1.29, 1.82) is 5.26 Å². The normalized spacial score (nSPS) is 11.3. The Morgan fingerprint density at radius 1 is 1.18 bits per heavy atom. The van der Waals surface area contributed by atoms with Gasteiger partial charge in [0.25, 0.3) is 0 Å². The molecule has 33 heavy (non-hydrogen) atoms. The molecule has 3 aromatic rings. The number of aromatic nitrogens is 2. The number of imidazole rings is 1. The molecule has 0 saturated heterocycles. The topological polar surface area (TPSA) is 123 Å². The molecule has 0 aliphatic carbocycles. The van der Waals surface area contributed by atoms with Crippen molar-refractivity contribution in [3.05, 3.63) is 48.0 Å². The smallest absolute Gasteiger partial charge is 0.326 e. The van der Waals surface area contributed by atoms with E-state index in [9.17, 15) is 14.7 Å². The molecule has 2 aromatic carbocycles. The zero-order valence-corrected chi connectivity index (χ0v) is 19.4. The minimum atomic E-state index is -1.06. The van der Waals surface area contributed by atoms with Gasteiger partial charge in [0, 0.05) is 24.3 Å². The molecule has 3 amide bonds. The number of hydrogen-bond donors (Lipinski definition) is 3. The summed E-state index contributed by atoms with van der Waals surface area (Å²) >= 11 is 0. The molecule has 0 bridgehead atoms. The third-order valence-corrected chi connectivity index (χ3v) is 4.99. The standard InChI is InChI=1S/C24H28N6O3/c1-15(2)21(31)29(5)18-10-11-20-19(12-18)27-22(30(20)14-24(3,4)33)28-23(32)26-17-8-6-16(13-25)7-9-17/h6-12,15,33H,14H2,1-5H3,(H2,26,27,28,32). The number of urea groups is 1. The van der Waals surface area contributed by atoms with Gasteiger partial charge in [0.1, 0.15) is 0 Å². The quantitative estimate of drug-likeness (QED) is 0.527. The summed E-state index contributed by atoms with van der Waals surface area (Å²) in [6.45, 7) is 7.20. The Morgan fingerprint density at radius 2 is 1.85 bits per heavy atom. The number of hydrogen-bond acceptors (Lipinski definition) is 5. The predicted octanol–water partition coefficient (Wildman–Crippen LogP) is 3.94. The average Bonchev–Trinajstić information content (AvgIpc) is 3.07. The molecule has 0 fully saturated rings. The fourth-order valence-electron chi connectivity index (χ4n) is 3.38. The van der Waals surface area contributed by atoms with Gasteiger partial charge in [-0.3, -0.25) is 10.1 Å². The summed E-state index contributed by atoms with van der Waals surface area (Å²) in [6, 6.07) is 13.4. The number of rotatable bonds is 6. The molecule has 0 radical (unpaired) electrons. The highest BCUT2D eigenvalue weighted by Crippen LogP contribution is 2.27. The zero-order valence-electron chi connectivity index (χ0n) is 19.4. The van der Waals surface area contributed by atoms with Crippen LogP contribution in [0.4, 0.5) is 22.1 Å². The van der Waals surface area contributed by atoms with Gasteiger partial charge in [-0.25, -0.2) is 9.78 Å². The van der Waals surface area contributed by atoms with E-state index in [1.807, 2.05) is 32.0 Å². The van der Waals surface area contributed by atoms with Crippen LogP contribution in [0.2, 0.25) is 0 Å². The highest BCUT2D eigenvalue weighted by atomic mass is 16.3. The van der Waals surface area contributed by atoms with Crippen LogP contribution in [0.3, 0.4) is 0 Å². The second-order valence-electron chi connectivity index (χ2n) is 8.83. The van der Waals surface area contributed by atoms with Gasteiger partial charge in [-0.05, 0) is 56.3 Å². The second-order valence-corrected chi connectivity index (χ2v) is 8.83. The summed E-state index contributed by atoms with van der Waals surface area (Å²) in [6.07, 6.45) is 0. The van der Waals surface area contributed by atoms with Crippen LogP contribution in [0.25, 0.3) is 11.0 Å². The maximum Gasteiger partial charge on any atom is 0.326 e. The van der Waals surface area contributed by atoms with Crippen molar-refractivity contribution in [2.45, 2.75) is 39.8 Å². The molecule has 0 spiro atoms. The van der Waals surface area contributed by atoms with Crippen LogP contribution >= 0.6 is 0 Å². The summed E-state index contributed by atoms with van der Waals surface area (Å²) in [4.78, 5) is 31.1. The van der Waals surface area contributed by atoms with E-state index in [1.54, 1.807) is 60.7 Å². The maximum absolute atomic E-state index is 12.6. The van der Waals surface area contributed by atoms with Crippen LogP contribution in [0.5, 0.6) is 0 Å². The van der Waals surface area contributed by atoms with Crippen LogP contribution < -0.4 is 15.5 Å². The molecule has 1 aromatic heterocycles. The lowest BCUT2D eigenvalue weighted by molar-refractivity contribution is -0.121. The van der Waals surface area contributed by atoms with Crippen LogP contribution in [-0.4, -0.2) is 39.2 Å². The number of nitrogens with one attached hydrogen (secondary N) is 2. The average molecular weight is 449 g/mol. The minimum absolute atomic E-state index is 0.0228. The van der Waals surface area contributed by atoms with Crippen molar-refractivity contribution < 1.29 is 14.7 Å². The van der Waals surface area contributed by atoms with E-state index in [0.29, 0.717) is 28.0 Å². The van der Waals surface area contributed by atoms with E-state index in [4.69, 9.17) is 5.26 Å². The molecule has 9 heteroatoms. The van der Waals surface area contributed by atoms with Gasteiger partial charge in [0.05, 0.1) is 34.8 Å². The molecule has 0 saturated carbocycles. The van der Waals surface area contributed by atoms with Crippen molar-refractivity contribution in [2.24, 2.45) is 5.92 Å². The molecule has 0 atom stereocenters. The number of aliphatic hydroxyl groups is 1. The molecule has 0 aliphatic heterocycles. The monoisotopic (exact) mass is 448 g/mol. The highest BCUT2D eigenvalue weighted by Gasteiger charge is 2.22. The van der Waals surface area contributed by atoms with E-state index in [2.05, 4.69) is 15.6 Å². The van der Waals surface area contributed by atoms with E-state index in [1.165, 1.54) is 0 Å². The summed E-state index contributed by atoms with van der Waals surface area (Å²) in [5, 5.41) is 24.8. The first kappa shape index (κ1) is 23.8. The SMILES string of the molecule is CC(C)C(=O)N(C)c1ccc2c(c1)nc(NC(=O)Nc1ccc(C#N)cc1)n2CC(C)(C)O. The molecule has 172 valence electrons. The third kappa shape index (κ3) is 5.67. The Morgan fingerprint density at radius 3 is 2.42 bits per heavy atom. The number of nitrogens with zero attached hydrogens (tertiary/aromatic N) is 4. The van der Waals surface area contributed by atoms with Crippen molar-refractivity contribution in [3.8, 4) is 6.07 Å². The Kier molecular flexibility index (Phi) is 6.70. The number of nitriles is 1. The Labute approximate surface area is 192 Å². The summed E-state index contributed by atoms with van der Waals surface area (Å²) in [5.74, 6) is 0.0836. The number of fused-ring (bicyclic) bond motifs is 1. The van der Waals surface area contributed by atoms with Gasteiger partial charge >= 0.3 is 6.03 Å². The van der Waals surface area contributed by atoms with E-state index < -0.39 is 11.6 Å². The largest absolute Gasteiger partial charge is 0.389 e. The lowest BCUT2D eigenvalue weighted by atomic mass is 10.1. The van der Waals surface area contributed by atoms with Gasteiger partial charge in [0.15, 0.2) is 0 Å². The number of benzene rings is 2. The van der Waals surface area contributed by atoms with Crippen LogP contribution in [-0.2, 0) is 11.3 Å². The minimum Gasteiger partial charge on any atom is -0.389 e. The Bertz CT molecular complexity index is 1220. The number of carbonyl (C=O) groups excluding carboxylic acids is 2. The molecule has 0 aliphatic rings. The second kappa shape index (κ2) is 9.30. The van der Waals surface area contributed by atoms with E-state index >= 15 is 0 Å². The van der Waals surface area contributed by atoms with E-state index in [0.717, 1.165) is 0 Å². The summed E-state index contributed by atoms with van der Waals surface area (Å²) < 4.78 is 1.72. The van der Waals surface area contributed by atoms with Gasteiger partial charge in [-0.2, -0.15) is 5.26 Å². The molecule has 0 unspecified atom stereocenters. The molecule has 1 heterocycles. The number of amides is 3. The summed E-state index contributed by atoms with van der Waals surface area (Å²) in [5.41, 5.74) is 1.92. The first-order valence-corrected chi connectivity index (χ1v) is 10.6. The van der Waals surface area contributed by atoms with Gasteiger partial charge in [0.2, 0.25) is 11.9 Å². The van der Waals surface area contributed by atoms with Crippen molar-refractivity contribution in [1.82, 2.24) is 9.55 Å². The Balaban J connectivity index is 1.92. The number of anilines is 3. The van der Waals surface area contributed by atoms with Crippen molar-refractivity contribution in [3.63, 3.8) is 0 Å². The third-order valence-electron chi connectivity index (χ3n) is 4.99. The Hall–Kier alpha value is -3.90. The highest BCUT2D eigenvalue weighted by molar-refractivity contribution is 6.00. The van der Waals surface area contributed by atoms with Crippen LogP contribution in [0.1, 0.15) is 33.3 Å². The molecule has 3 rings (SSSR count). The first-order chi connectivity index (χ1) is 15.5. The van der Waals surface area contributed by atoms with Crippen molar-refractivity contribution in [2.75, 3.05) is 22.6 Å². The fourth-order valence-corrected chi connectivity index (χ4v) is 3.38. The zero-order chi connectivity index (χ0) is 24.3. The summed E-state index contributed by atoms with van der Waals surface area (Å²) in [7, 11) is 1.71. The van der Waals surface area contributed by atoms with E-state index in [-0.39, 0.29) is 24.3 Å². The number of carbonyl (C=O) groups is 2. The molecular formula is C24H28N6O3. The lowest BCUT2D eigenvalue weighted by Crippen LogP contribution is -2.30. The van der Waals surface area contributed by atoms with Crippen molar-refractivity contribution >= 4 is 40.3 Å². The lowest BCUT2D eigenvalue weighted by Gasteiger charge is -2.21. The van der Waals surface area contributed by atoms with Gasteiger partial charge in [-0.15, -0.1) is 0 Å². The molecule has 9 nitrogen and oxygen atoms in total. The maximum atomic E-state index is 12.6. The first-order valence-electron chi connectivity index (χ1n) is 10.6. The fraction of sp³-hybridized carbons (Fsp3) is 0.333. The van der Waals surface area contributed by atoms with Gasteiger partial charge in [-0.1, -0.05) is 13.8 Å². The van der Waals surface area contributed by atoms with Crippen LogP contribution in [0.15, 0.2) is 42.5 Å². The van der Waals surface area contributed by atoms with Crippen LogP contribution in [0, 0.1) is 17.2 Å². The molecule has 3 N–H and O–H groups in total. The molecular weight excluding hydrogens is 420 g/mol. The van der Waals surface area contributed by atoms with Gasteiger partial charge < -0.3 is 19.9 Å². The predicted molar refractivity (Wildman–Crippen MR) is 128 cm³/mol.